The average Bonchev–Trinajstić information content (AvgIpc) is 2.60. The van der Waals surface area contributed by atoms with Gasteiger partial charge in [0.2, 0.25) is 15.9 Å². The van der Waals surface area contributed by atoms with Crippen molar-refractivity contribution in [1.29, 1.82) is 0 Å². The van der Waals surface area contributed by atoms with Gasteiger partial charge in [-0.25, -0.2) is 12.8 Å². The third kappa shape index (κ3) is 5.17. The van der Waals surface area contributed by atoms with Gasteiger partial charge in [0.1, 0.15) is 11.6 Å². The zero-order valence-electron chi connectivity index (χ0n) is 14.1. The highest BCUT2D eigenvalue weighted by Gasteiger charge is 2.22. The molecule has 26 heavy (non-hydrogen) atoms. The summed E-state index contributed by atoms with van der Waals surface area (Å²) in [6.45, 7) is 1.57. The van der Waals surface area contributed by atoms with E-state index >= 15 is 0 Å². The number of hydrogen-bond acceptors (Lipinski definition) is 4. The Bertz CT molecular complexity index is 888. The summed E-state index contributed by atoms with van der Waals surface area (Å²) in [6, 6.07) is 8.61. The summed E-state index contributed by atoms with van der Waals surface area (Å²) in [5.74, 6) is -0.549. The van der Waals surface area contributed by atoms with Crippen molar-refractivity contribution >= 4 is 27.5 Å². The van der Waals surface area contributed by atoms with Gasteiger partial charge in [-0.2, -0.15) is 4.72 Å². The highest BCUT2D eigenvalue weighted by molar-refractivity contribution is 7.89. The van der Waals surface area contributed by atoms with E-state index in [-0.39, 0.29) is 22.3 Å². The summed E-state index contributed by atoms with van der Waals surface area (Å²) < 4.78 is 44.9. The molecule has 2 aromatic rings. The molecule has 2 rings (SSSR count). The van der Waals surface area contributed by atoms with Crippen LogP contribution < -0.4 is 14.8 Å². The van der Waals surface area contributed by atoms with Crippen LogP contribution in [0.4, 0.5) is 4.39 Å². The molecule has 0 aliphatic carbocycles. The number of rotatable bonds is 7. The molecule has 0 fully saturated rings. The Morgan fingerprint density at radius 1 is 1.23 bits per heavy atom. The number of ether oxygens (including phenoxy) is 1. The zero-order chi connectivity index (χ0) is 19.3. The minimum absolute atomic E-state index is 0.0820. The minimum atomic E-state index is -3.94. The van der Waals surface area contributed by atoms with Crippen LogP contribution in [0.5, 0.6) is 5.75 Å². The number of amides is 1. The monoisotopic (exact) mass is 400 g/mol. The van der Waals surface area contributed by atoms with Gasteiger partial charge in [-0.1, -0.05) is 23.7 Å². The normalized spacial score (nSPS) is 12.5. The van der Waals surface area contributed by atoms with Crippen LogP contribution in [-0.4, -0.2) is 27.5 Å². The molecule has 0 aromatic heterocycles. The highest BCUT2D eigenvalue weighted by atomic mass is 35.5. The molecule has 2 aromatic carbocycles. The largest absolute Gasteiger partial charge is 0.495 e. The predicted molar refractivity (Wildman–Crippen MR) is 96.0 cm³/mol. The van der Waals surface area contributed by atoms with Gasteiger partial charge in [-0.3, -0.25) is 4.79 Å². The molecule has 9 heteroatoms. The minimum Gasteiger partial charge on any atom is -0.495 e. The molecule has 6 nitrogen and oxygen atoms in total. The van der Waals surface area contributed by atoms with Crippen molar-refractivity contribution < 1.29 is 22.3 Å². The van der Waals surface area contributed by atoms with Gasteiger partial charge in [-0.15, -0.1) is 0 Å². The van der Waals surface area contributed by atoms with Gasteiger partial charge in [0, 0.05) is 6.54 Å². The van der Waals surface area contributed by atoms with Gasteiger partial charge in [-0.05, 0) is 42.8 Å². The molecule has 1 amide bonds. The average molecular weight is 401 g/mol. The fraction of sp³-hybridized carbons (Fsp3) is 0.235. The van der Waals surface area contributed by atoms with Gasteiger partial charge in [0.05, 0.1) is 23.1 Å². The summed E-state index contributed by atoms with van der Waals surface area (Å²) in [5.41, 5.74) is 0.691. The molecule has 0 saturated carbocycles. The van der Waals surface area contributed by atoms with Crippen molar-refractivity contribution in [1.82, 2.24) is 10.0 Å². The van der Waals surface area contributed by atoms with E-state index < -0.39 is 22.0 Å². The third-order valence-electron chi connectivity index (χ3n) is 3.54. The fourth-order valence-corrected chi connectivity index (χ4v) is 3.66. The first kappa shape index (κ1) is 20.2. The Labute approximate surface area is 156 Å². The molecule has 0 saturated heterocycles. The van der Waals surface area contributed by atoms with Crippen LogP contribution in [0.25, 0.3) is 0 Å². The van der Waals surface area contributed by atoms with E-state index in [1.165, 1.54) is 56.5 Å². The SMILES string of the molecule is COc1ccc(S(=O)(=O)N[C@@H](C)C(=O)NCc2ccc(F)cc2)cc1Cl. The first-order valence-electron chi connectivity index (χ1n) is 7.61. The Kier molecular flexibility index (Phi) is 6.57. The number of benzene rings is 2. The molecular formula is C17H18ClFN2O4S. The van der Waals surface area contributed by atoms with Crippen molar-refractivity contribution in [2.24, 2.45) is 0 Å². The summed E-state index contributed by atoms with van der Waals surface area (Å²) in [7, 11) is -2.52. The molecule has 0 spiro atoms. The fourth-order valence-electron chi connectivity index (χ4n) is 2.11. The Morgan fingerprint density at radius 3 is 2.46 bits per heavy atom. The maximum atomic E-state index is 12.9. The number of carbonyl (C=O) groups excluding carboxylic acids is 1. The number of nitrogens with one attached hydrogen (secondary N) is 2. The number of carbonyl (C=O) groups is 1. The van der Waals surface area contributed by atoms with E-state index in [4.69, 9.17) is 16.3 Å². The van der Waals surface area contributed by atoms with E-state index in [1.54, 1.807) is 0 Å². The summed E-state index contributed by atoms with van der Waals surface area (Å²) in [6.07, 6.45) is 0. The topological polar surface area (TPSA) is 84.5 Å². The van der Waals surface area contributed by atoms with Crippen LogP contribution in [0, 0.1) is 5.82 Å². The predicted octanol–water partition coefficient (Wildman–Crippen LogP) is 2.47. The smallest absolute Gasteiger partial charge is 0.241 e. The van der Waals surface area contributed by atoms with Crippen LogP contribution >= 0.6 is 11.6 Å². The van der Waals surface area contributed by atoms with Crippen molar-refractivity contribution in [2.75, 3.05) is 7.11 Å². The number of methoxy groups -OCH3 is 1. The van der Waals surface area contributed by atoms with Crippen LogP contribution in [-0.2, 0) is 21.4 Å². The lowest BCUT2D eigenvalue weighted by Crippen LogP contribution is -2.44. The van der Waals surface area contributed by atoms with E-state index in [2.05, 4.69) is 10.0 Å². The molecule has 140 valence electrons. The molecule has 0 aliphatic rings. The molecule has 2 N–H and O–H groups in total. The Morgan fingerprint density at radius 2 is 1.88 bits per heavy atom. The third-order valence-corrected chi connectivity index (χ3v) is 5.37. The number of sulfonamides is 1. The van der Waals surface area contributed by atoms with Gasteiger partial charge >= 0.3 is 0 Å². The molecular weight excluding hydrogens is 383 g/mol. The van der Waals surface area contributed by atoms with E-state index in [1.807, 2.05) is 0 Å². The quantitative estimate of drug-likeness (QED) is 0.747. The standard InChI is InChI=1S/C17H18ClFN2O4S/c1-11(17(22)20-10-12-3-5-13(19)6-4-12)21-26(23,24)14-7-8-16(25-2)15(18)9-14/h3-9,11,21H,10H2,1-2H3,(H,20,22)/t11-/m0/s1. The molecule has 0 radical (unpaired) electrons. The lowest BCUT2D eigenvalue weighted by molar-refractivity contribution is -0.122. The molecule has 0 unspecified atom stereocenters. The van der Waals surface area contributed by atoms with Crippen LogP contribution in [0.1, 0.15) is 12.5 Å². The maximum absolute atomic E-state index is 12.9. The second kappa shape index (κ2) is 8.48. The number of hydrogen-bond donors (Lipinski definition) is 2. The van der Waals surface area contributed by atoms with E-state index in [0.29, 0.717) is 11.3 Å². The van der Waals surface area contributed by atoms with Gasteiger partial charge in [0.15, 0.2) is 0 Å². The first-order chi connectivity index (χ1) is 12.2. The van der Waals surface area contributed by atoms with Crippen molar-refractivity contribution in [2.45, 2.75) is 24.4 Å². The lowest BCUT2D eigenvalue weighted by atomic mass is 10.2. The summed E-state index contributed by atoms with van der Waals surface area (Å²) >= 11 is 5.94. The zero-order valence-corrected chi connectivity index (χ0v) is 15.7. The summed E-state index contributed by atoms with van der Waals surface area (Å²) in [4.78, 5) is 12.0. The molecule has 0 heterocycles. The second-order valence-corrected chi connectivity index (χ2v) is 7.60. The van der Waals surface area contributed by atoms with Gasteiger partial charge in [0.25, 0.3) is 0 Å². The van der Waals surface area contributed by atoms with E-state index in [9.17, 15) is 17.6 Å². The van der Waals surface area contributed by atoms with E-state index in [0.717, 1.165) is 0 Å². The molecule has 1 atom stereocenters. The maximum Gasteiger partial charge on any atom is 0.241 e. The Hall–Kier alpha value is -2.16. The van der Waals surface area contributed by atoms with Crippen molar-refractivity contribution in [3.63, 3.8) is 0 Å². The second-order valence-electron chi connectivity index (χ2n) is 5.48. The van der Waals surface area contributed by atoms with Crippen LogP contribution in [0.3, 0.4) is 0 Å². The summed E-state index contributed by atoms with van der Waals surface area (Å²) in [5, 5.41) is 2.73. The molecule has 0 bridgehead atoms. The first-order valence-corrected chi connectivity index (χ1v) is 9.47. The molecule has 0 aliphatic heterocycles. The van der Waals surface area contributed by atoms with Crippen molar-refractivity contribution in [3.8, 4) is 5.75 Å². The van der Waals surface area contributed by atoms with Crippen LogP contribution in [0.2, 0.25) is 5.02 Å². The van der Waals surface area contributed by atoms with Gasteiger partial charge < -0.3 is 10.1 Å². The van der Waals surface area contributed by atoms with Crippen LogP contribution in [0.15, 0.2) is 47.4 Å². The Balaban J connectivity index is 2.00. The lowest BCUT2D eigenvalue weighted by Gasteiger charge is -2.15. The highest BCUT2D eigenvalue weighted by Crippen LogP contribution is 2.26. The van der Waals surface area contributed by atoms with Crippen molar-refractivity contribution in [3.05, 3.63) is 58.9 Å². The number of halogens is 2.